The summed E-state index contributed by atoms with van der Waals surface area (Å²) in [5.74, 6) is -0.0946. The van der Waals surface area contributed by atoms with Crippen LogP contribution in [0.2, 0.25) is 0 Å². The molecular formula is C13H15NO3S2. The van der Waals surface area contributed by atoms with Gasteiger partial charge in [0.05, 0.1) is 18.1 Å². The van der Waals surface area contributed by atoms with Crippen LogP contribution in [0.3, 0.4) is 0 Å². The normalized spacial score (nSPS) is 12.3. The maximum absolute atomic E-state index is 11.9. The van der Waals surface area contributed by atoms with Crippen molar-refractivity contribution in [1.29, 1.82) is 0 Å². The minimum atomic E-state index is -0.220. The summed E-state index contributed by atoms with van der Waals surface area (Å²) < 4.78 is 5.55. The molecule has 0 bridgehead atoms. The molecule has 19 heavy (non-hydrogen) atoms. The van der Waals surface area contributed by atoms with Crippen molar-refractivity contribution in [1.82, 2.24) is 5.32 Å². The summed E-state index contributed by atoms with van der Waals surface area (Å²) in [6, 6.07) is 5.59. The Morgan fingerprint density at radius 3 is 2.95 bits per heavy atom. The van der Waals surface area contributed by atoms with Crippen molar-refractivity contribution in [2.45, 2.75) is 6.10 Å². The van der Waals surface area contributed by atoms with E-state index in [4.69, 9.17) is 9.84 Å². The Morgan fingerprint density at radius 1 is 1.42 bits per heavy atom. The lowest BCUT2D eigenvalue weighted by molar-refractivity contribution is 0.0280. The van der Waals surface area contributed by atoms with E-state index in [-0.39, 0.29) is 25.2 Å². The highest BCUT2D eigenvalue weighted by molar-refractivity contribution is 7.12. The van der Waals surface area contributed by atoms with Crippen molar-refractivity contribution in [2.75, 3.05) is 19.8 Å². The van der Waals surface area contributed by atoms with Crippen LogP contribution in [0, 0.1) is 0 Å². The molecule has 2 heterocycles. The van der Waals surface area contributed by atoms with Gasteiger partial charge in [-0.15, -0.1) is 11.3 Å². The Hall–Kier alpha value is -1.21. The molecule has 0 saturated carbocycles. The first kappa shape index (κ1) is 14.2. The van der Waals surface area contributed by atoms with Crippen molar-refractivity contribution >= 4 is 28.6 Å². The van der Waals surface area contributed by atoms with Gasteiger partial charge in [-0.2, -0.15) is 11.3 Å². The topological polar surface area (TPSA) is 58.6 Å². The zero-order valence-electron chi connectivity index (χ0n) is 10.2. The molecule has 4 nitrogen and oxygen atoms in total. The predicted octanol–water partition coefficient (Wildman–Crippen LogP) is 2.29. The Balaban J connectivity index is 1.91. The van der Waals surface area contributed by atoms with Gasteiger partial charge in [0.2, 0.25) is 0 Å². The highest BCUT2D eigenvalue weighted by Crippen LogP contribution is 2.19. The van der Waals surface area contributed by atoms with Gasteiger partial charge in [-0.25, -0.2) is 0 Å². The monoisotopic (exact) mass is 297 g/mol. The number of carbonyl (C=O) groups excluding carboxylic acids is 1. The van der Waals surface area contributed by atoms with Gasteiger partial charge < -0.3 is 15.2 Å². The van der Waals surface area contributed by atoms with E-state index in [1.54, 1.807) is 17.4 Å². The van der Waals surface area contributed by atoms with Gasteiger partial charge >= 0.3 is 0 Å². The summed E-state index contributed by atoms with van der Waals surface area (Å²) in [5, 5.41) is 17.5. The van der Waals surface area contributed by atoms with Crippen molar-refractivity contribution in [3.05, 3.63) is 44.8 Å². The Bertz CT molecular complexity index is 482. The summed E-state index contributed by atoms with van der Waals surface area (Å²) in [6.45, 7) is 0.627. The number of rotatable bonds is 7. The molecule has 0 aliphatic rings. The van der Waals surface area contributed by atoms with E-state index in [2.05, 4.69) is 5.32 Å². The highest BCUT2D eigenvalue weighted by Gasteiger charge is 2.15. The number of amides is 1. The SMILES string of the molecule is O=C(NC[C@@H](OCCO)c1ccsc1)c1cccs1. The summed E-state index contributed by atoms with van der Waals surface area (Å²) in [7, 11) is 0. The van der Waals surface area contributed by atoms with Gasteiger partial charge in [0.1, 0.15) is 6.10 Å². The van der Waals surface area contributed by atoms with Gasteiger partial charge in [0, 0.05) is 6.54 Å². The van der Waals surface area contributed by atoms with E-state index in [0.29, 0.717) is 11.4 Å². The smallest absolute Gasteiger partial charge is 0.261 e. The van der Waals surface area contributed by atoms with Crippen LogP contribution in [0.5, 0.6) is 0 Å². The van der Waals surface area contributed by atoms with Crippen LogP contribution in [0.25, 0.3) is 0 Å². The molecule has 6 heteroatoms. The van der Waals surface area contributed by atoms with Gasteiger partial charge in [-0.05, 0) is 33.8 Å². The number of aliphatic hydroxyl groups excluding tert-OH is 1. The first-order chi connectivity index (χ1) is 9.31. The zero-order valence-corrected chi connectivity index (χ0v) is 11.9. The second-order valence-corrected chi connectivity index (χ2v) is 5.55. The zero-order chi connectivity index (χ0) is 13.5. The lowest BCUT2D eigenvalue weighted by Gasteiger charge is -2.17. The number of aliphatic hydroxyl groups is 1. The van der Waals surface area contributed by atoms with Gasteiger partial charge in [-0.1, -0.05) is 6.07 Å². The van der Waals surface area contributed by atoms with Crippen LogP contribution in [-0.4, -0.2) is 30.8 Å². The van der Waals surface area contributed by atoms with Crippen LogP contribution in [0.1, 0.15) is 21.3 Å². The Labute approximate surface area is 119 Å². The molecule has 2 rings (SSSR count). The highest BCUT2D eigenvalue weighted by atomic mass is 32.1. The molecule has 0 spiro atoms. The van der Waals surface area contributed by atoms with Gasteiger partial charge in [-0.3, -0.25) is 4.79 Å². The quantitative estimate of drug-likeness (QED) is 0.824. The van der Waals surface area contributed by atoms with Crippen LogP contribution in [-0.2, 0) is 4.74 Å². The molecule has 2 aromatic rings. The Kier molecular flexibility index (Phi) is 5.53. The first-order valence-electron chi connectivity index (χ1n) is 5.87. The fraction of sp³-hybridized carbons (Fsp3) is 0.308. The van der Waals surface area contributed by atoms with Crippen LogP contribution in [0.4, 0.5) is 0 Å². The summed E-state index contributed by atoms with van der Waals surface area (Å²) in [4.78, 5) is 12.5. The second kappa shape index (κ2) is 7.40. The van der Waals surface area contributed by atoms with E-state index in [1.807, 2.05) is 28.3 Å². The van der Waals surface area contributed by atoms with Gasteiger partial charge in [0.15, 0.2) is 0 Å². The van der Waals surface area contributed by atoms with E-state index < -0.39 is 0 Å². The summed E-state index contributed by atoms with van der Waals surface area (Å²) >= 11 is 2.99. The van der Waals surface area contributed by atoms with Crippen molar-refractivity contribution in [3.8, 4) is 0 Å². The lowest BCUT2D eigenvalue weighted by atomic mass is 10.2. The summed E-state index contributed by atoms with van der Waals surface area (Å²) in [6.07, 6.45) is -0.220. The van der Waals surface area contributed by atoms with Gasteiger partial charge in [0.25, 0.3) is 5.91 Å². The number of thiophene rings is 2. The van der Waals surface area contributed by atoms with Crippen molar-refractivity contribution in [2.24, 2.45) is 0 Å². The maximum Gasteiger partial charge on any atom is 0.261 e. The minimum Gasteiger partial charge on any atom is -0.394 e. The fourth-order valence-corrected chi connectivity index (χ4v) is 2.95. The number of nitrogens with one attached hydrogen (secondary N) is 1. The molecule has 0 aliphatic carbocycles. The van der Waals surface area contributed by atoms with E-state index in [1.165, 1.54) is 11.3 Å². The van der Waals surface area contributed by atoms with Crippen molar-refractivity contribution < 1.29 is 14.6 Å². The van der Waals surface area contributed by atoms with Crippen LogP contribution in [0.15, 0.2) is 34.3 Å². The molecule has 2 aromatic heterocycles. The second-order valence-electron chi connectivity index (χ2n) is 3.83. The van der Waals surface area contributed by atoms with Crippen LogP contribution < -0.4 is 5.32 Å². The molecule has 0 aliphatic heterocycles. The molecule has 1 atom stereocenters. The average molecular weight is 297 g/mol. The van der Waals surface area contributed by atoms with E-state index in [9.17, 15) is 4.79 Å². The molecule has 0 aromatic carbocycles. The number of carbonyl (C=O) groups is 1. The molecule has 1 amide bonds. The number of hydrogen-bond acceptors (Lipinski definition) is 5. The summed E-state index contributed by atoms with van der Waals surface area (Å²) in [5.41, 5.74) is 1.02. The van der Waals surface area contributed by atoms with Crippen LogP contribution >= 0.6 is 22.7 Å². The van der Waals surface area contributed by atoms with Crippen molar-refractivity contribution in [3.63, 3.8) is 0 Å². The number of hydrogen-bond donors (Lipinski definition) is 2. The minimum absolute atomic E-state index is 0.0283. The number of ether oxygens (including phenoxy) is 1. The molecule has 0 radical (unpaired) electrons. The first-order valence-corrected chi connectivity index (χ1v) is 7.69. The Morgan fingerprint density at radius 2 is 2.32 bits per heavy atom. The average Bonchev–Trinajstić information content (AvgIpc) is 3.11. The molecule has 0 unspecified atom stereocenters. The molecule has 102 valence electrons. The maximum atomic E-state index is 11.9. The third-order valence-electron chi connectivity index (χ3n) is 2.52. The lowest BCUT2D eigenvalue weighted by Crippen LogP contribution is -2.29. The predicted molar refractivity (Wildman–Crippen MR) is 76.8 cm³/mol. The fourth-order valence-electron chi connectivity index (χ4n) is 1.61. The third kappa shape index (κ3) is 4.14. The van der Waals surface area contributed by atoms with E-state index >= 15 is 0 Å². The molecule has 0 saturated heterocycles. The molecule has 2 N–H and O–H groups in total. The largest absolute Gasteiger partial charge is 0.394 e. The standard InChI is InChI=1S/C13H15NO3S2/c15-4-5-17-11(10-3-7-18-9-10)8-14-13(16)12-2-1-6-19-12/h1-3,6-7,9,11,15H,4-5,8H2,(H,14,16)/t11-/m1/s1. The third-order valence-corrected chi connectivity index (χ3v) is 4.09. The molecule has 0 fully saturated rings. The molecular weight excluding hydrogens is 282 g/mol. The van der Waals surface area contributed by atoms with E-state index in [0.717, 1.165) is 5.56 Å².